The topological polar surface area (TPSA) is 9.23 Å². The van der Waals surface area contributed by atoms with Crippen LogP contribution in [0.15, 0.2) is 24.3 Å². The fourth-order valence-corrected chi connectivity index (χ4v) is 2.64. The van der Waals surface area contributed by atoms with Crippen molar-refractivity contribution in [2.75, 3.05) is 0 Å². The molecule has 6 heteroatoms. The zero-order valence-corrected chi connectivity index (χ0v) is 15.4. The zero-order chi connectivity index (χ0) is 14.0. The third kappa shape index (κ3) is 4.77. The van der Waals surface area contributed by atoms with Crippen molar-refractivity contribution in [2.45, 2.75) is 39.2 Å². The Morgan fingerprint density at radius 3 is 2.30 bits per heavy atom. The quantitative estimate of drug-likeness (QED) is 0.756. The van der Waals surface area contributed by atoms with Gasteiger partial charge in [-0.25, -0.2) is 0 Å². The minimum atomic E-state index is -5.01. The molecular weight excluding hydrogens is 291 g/mol. The van der Waals surface area contributed by atoms with Crippen molar-refractivity contribution in [3.8, 4) is 5.75 Å². The first-order valence-corrected chi connectivity index (χ1v) is 6.83. The molecule has 0 radical (unpaired) electrons. The van der Waals surface area contributed by atoms with Gasteiger partial charge in [-0.1, -0.05) is 37.5 Å². The van der Waals surface area contributed by atoms with E-state index in [2.05, 4.69) is 13.8 Å². The molecule has 1 aromatic rings. The second-order valence-electron chi connectivity index (χ2n) is 5.62. The van der Waals surface area contributed by atoms with Gasteiger partial charge in [0.15, 0.2) is 0 Å². The number of ether oxygens (including phenoxy) is 1. The van der Waals surface area contributed by atoms with Gasteiger partial charge in [0.1, 0.15) is 0 Å². The van der Waals surface area contributed by atoms with Gasteiger partial charge in [0, 0.05) is 0 Å². The summed E-state index contributed by atoms with van der Waals surface area (Å²) in [5.41, 5.74) is -0.617. The van der Waals surface area contributed by atoms with E-state index in [-0.39, 0.29) is 63.2 Å². The van der Waals surface area contributed by atoms with Gasteiger partial charge in [-0.15, -0.1) is 0 Å². The Balaban J connectivity index is 0.00000200. The molecule has 2 rings (SSSR count). The summed E-state index contributed by atoms with van der Waals surface area (Å²) in [5.74, 6) is 1.12. The van der Waals surface area contributed by atoms with Gasteiger partial charge in [0.2, 0.25) is 0 Å². The van der Waals surface area contributed by atoms with Crippen molar-refractivity contribution in [1.82, 2.24) is 0 Å². The van der Waals surface area contributed by atoms with Gasteiger partial charge < -0.3 is 17.7 Å². The molecule has 0 N–H and O–H groups in total. The minimum absolute atomic E-state index is 0. The zero-order valence-electron chi connectivity index (χ0n) is 12.3. The van der Waals surface area contributed by atoms with Crippen LogP contribution in [0.25, 0.3) is 0 Å². The number of hydrogen-bond donors (Lipinski definition) is 0. The Kier molecular flexibility index (Phi) is 7.12. The van der Waals surface area contributed by atoms with Gasteiger partial charge in [0.05, 0.1) is 11.9 Å². The van der Waals surface area contributed by atoms with Gasteiger partial charge in [0.25, 0.3) is 0 Å². The molecular formula is C14H19BF3KO. The molecule has 1 fully saturated rings. The van der Waals surface area contributed by atoms with Crippen LogP contribution in [0.3, 0.4) is 0 Å². The summed E-state index contributed by atoms with van der Waals surface area (Å²) < 4.78 is 44.4. The smallest absolute Gasteiger partial charge is 0.493 e. The Morgan fingerprint density at radius 2 is 1.70 bits per heavy atom. The predicted octanol–water partition coefficient (Wildman–Crippen LogP) is 0.948. The van der Waals surface area contributed by atoms with Crippen LogP contribution in [0.5, 0.6) is 5.75 Å². The van der Waals surface area contributed by atoms with Crippen LogP contribution >= 0.6 is 0 Å². The number of rotatable bonds is 3. The summed E-state index contributed by atoms with van der Waals surface area (Å²) in [6.07, 6.45) is 2.60. The van der Waals surface area contributed by atoms with Gasteiger partial charge >= 0.3 is 58.4 Å². The maximum atomic E-state index is 12.9. The Bertz CT molecular complexity index is 439. The SMILES string of the molecule is CC1CCC(Oc2ccccc2[B-](F)(F)F)CC1C.[K+]. The van der Waals surface area contributed by atoms with Crippen LogP contribution in [0.4, 0.5) is 12.9 Å². The third-order valence-corrected chi connectivity index (χ3v) is 4.12. The van der Waals surface area contributed by atoms with Crippen molar-refractivity contribution >= 4 is 12.4 Å². The van der Waals surface area contributed by atoms with Crippen molar-refractivity contribution in [3.05, 3.63) is 24.3 Å². The van der Waals surface area contributed by atoms with Gasteiger partial charge in [-0.05, 0) is 37.2 Å². The average Bonchev–Trinajstić information content (AvgIpc) is 2.33. The standard InChI is InChI=1S/C14H19BF3O.K/c1-10-7-8-12(9-11(10)2)19-14-6-4-3-5-13(14)15(16,17)18;/h3-6,10-12H,7-9H2,1-2H3;/q-1;+1. The summed E-state index contributed by atoms with van der Waals surface area (Å²) in [6.45, 7) is -0.688. The van der Waals surface area contributed by atoms with Gasteiger partial charge in [-0.2, -0.15) is 0 Å². The van der Waals surface area contributed by atoms with E-state index in [9.17, 15) is 12.9 Å². The number of para-hydroxylation sites is 1. The fraction of sp³-hybridized carbons (Fsp3) is 0.571. The van der Waals surface area contributed by atoms with E-state index in [4.69, 9.17) is 4.74 Å². The predicted molar refractivity (Wildman–Crippen MR) is 71.7 cm³/mol. The molecule has 0 aromatic heterocycles. The third-order valence-electron chi connectivity index (χ3n) is 4.12. The van der Waals surface area contributed by atoms with Crippen molar-refractivity contribution < 1.29 is 69.1 Å². The Hall–Kier alpha value is 0.511. The van der Waals surface area contributed by atoms with Gasteiger partial charge in [-0.3, -0.25) is 0 Å². The van der Waals surface area contributed by atoms with Crippen molar-refractivity contribution in [2.24, 2.45) is 11.8 Å². The molecule has 0 heterocycles. The van der Waals surface area contributed by atoms with E-state index in [1.165, 1.54) is 12.1 Å². The van der Waals surface area contributed by atoms with Crippen LogP contribution in [0.2, 0.25) is 0 Å². The molecule has 3 atom stereocenters. The summed E-state index contributed by atoms with van der Waals surface area (Å²) in [5, 5.41) is 0. The molecule has 1 nitrogen and oxygen atoms in total. The maximum Gasteiger partial charge on any atom is 1.00 e. The first-order chi connectivity index (χ1) is 8.88. The fourth-order valence-electron chi connectivity index (χ4n) is 2.64. The first-order valence-electron chi connectivity index (χ1n) is 6.83. The van der Waals surface area contributed by atoms with Crippen LogP contribution in [-0.2, 0) is 0 Å². The Morgan fingerprint density at radius 1 is 1.05 bits per heavy atom. The molecule has 1 aromatic carbocycles. The molecule has 0 bridgehead atoms. The molecule has 1 saturated carbocycles. The largest absolute Gasteiger partial charge is 1.00 e. The van der Waals surface area contributed by atoms with E-state index < -0.39 is 12.4 Å². The summed E-state index contributed by atoms with van der Waals surface area (Å²) in [6, 6.07) is 5.52. The molecule has 3 unspecified atom stereocenters. The maximum absolute atomic E-state index is 12.9. The molecule has 1 aliphatic rings. The van der Waals surface area contributed by atoms with Crippen LogP contribution in [0.1, 0.15) is 33.1 Å². The molecule has 20 heavy (non-hydrogen) atoms. The second kappa shape index (κ2) is 7.68. The van der Waals surface area contributed by atoms with Crippen LogP contribution in [0, 0.1) is 11.8 Å². The molecule has 0 aliphatic heterocycles. The van der Waals surface area contributed by atoms with E-state index >= 15 is 0 Å². The normalized spacial score (nSPS) is 26.8. The van der Waals surface area contributed by atoms with E-state index in [0.717, 1.165) is 25.3 Å². The molecule has 1 aliphatic carbocycles. The monoisotopic (exact) mass is 310 g/mol. The van der Waals surface area contributed by atoms with Crippen LogP contribution in [-0.4, -0.2) is 13.1 Å². The minimum Gasteiger partial charge on any atom is -0.493 e. The van der Waals surface area contributed by atoms with E-state index in [1.807, 2.05) is 0 Å². The summed E-state index contributed by atoms with van der Waals surface area (Å²) in [7, 11) is 0. The summed E-state index contributed by atoms with van der Waals surface area (Å²) in [4.78, 5) is 0. The molecule has 106 valence electrons. The molecule has 0 spiro atoms. The number of halogens is 3. The number of hydrogen-bond acceptors (Lipinski definition) is 1. The first kappa shape index (κ1) is 18.6. The van der Waals surface area contributed by atoms with Crippen molar-refractivity contribution in [3.63, 3.8) is 0 Å². The Labute approximate surface area is 161 Å². The molecule has 0 saturated heterocycles. The molecule has 0 amide bonds. The summed E-state index contributed by atoms with van der Waals surface area (Å²) >= 11 is 0. The van der Waals surface area contributed by atoms with E-state index in [0.29, 0.717) is 11.8 Å². The second-order valence-corrected chi connectivity index (χ2v) is 5.62. The average molecular weight is 310 g/mol. The van der Waals surface area contributed by atoms with E-state index in [1.54, 1.807) is 6.07 Å². The van der Waals surface area contributed by atoms with Crippen molar-refractivity contribution in [1.29, 1.82) is 0 Å². The number of benzene rings is 1. The van der Waals surface area contributed by atoms with Crippen LogP contribution < -0.4 is 61.6 Å².